The van der Waals surface area contributed by atoms with E-state index in [1.165, 1.54) is 44.8 Å². The maximum Gasteiger partial charge on any atom is 0.276 e. The Morgan fingerprint density at radius 3 is 2.82 bits per heavy atom. The number of aromatic nitrogens is 3. The lowest BCUT2D eigenvalue weighted by Gasteiger charge is -2.30. The fourth-order valence-electron chi connectivity index (χ4n) is 3.39. The molecule has 0 atom stereocenters. The fourth-order valence-corrected chi connectivity index (χ4v) is 7.53. The Morgan fingerprint density at radius 1 is 1.35 bits per heavy atom. The lowest BCUT2D eigenvalue weighted by Crippen LogP contribution is -2.37. The number of aryl methyl sites for hydroxylation is 1. The first-order valence-corrected chi connectivity index (χ1v) is 14.7. The molecule has 1 aliphatic rings. The van der Waals surface area contributed by atoms with Crippen molar-refractivity contribution in [2.45, 2.75) is 34.9 Å². The van der Waals surface area contributed by atoms with Crippen LogP contribution in [0.2, 0.25) is 5.02 Å². The van der Waals surface area contributed by atoms with E-state index in [2.05, 4.69) is 26.4 Å². The van der Waals surface area contributed by atoms with Gasteiger partial charge in [-0.25, -0.2) is 13.4 Å². The number of amides is 1. The van der Waals surface area contributed by atoms with Gasteiger partial charge in [-0.05, 0) is 37.5 Å². The number of sulfonamides is 1. The molecule has 3 heterocycles. The zero-order valence-corrected chi connectivity index (χ0v) is 22.0. The summed E-state index contributed by atoms with van der Waals surface area (Å²) >= 11 is 10.2. The molecule has 4 rings (SSSR count). The summed E-state index contributed by atoms with van der Waals surface area (Å²) in [5.41, 5.74) is 1.13. The van der Waals surface area contributed by atoms with E-state index in [1.807, 2.05) is 6.92 Å². The van der Waals surface area contributed by atoms with Gasteiger partial charge in [-0.2, -0.15) is 4.31 Å². The predicted octanol–water partition coefficient (Wildman–Crippen LogP) is 4.50. The fraction of sp³-hybridized carbons (Fsp3) is 0.333. The van der Waals surface area contributed by atoms with E-state index in [1.54, 1.807) is 17.5 Å². The number of hydrogen-bond acceptors (Lipinski definition) is 9. The molecule has 1 amide bonds. The third-order valence-corrected chi connectivity index (χ3v) is 10.4. The smallest absolute Gasteiger partial charge is 0.276 e. The van der Waals surface area contributed by atoms with Crippen LogP contribution in [0.15, 0.2) is 32.8 Å². The number of terminal acetylenes is 1. The van der Waals surface area contributed by atoms with Crippen molar-refractivity contribution in [2.75, 3.05) is 24.2 Å². The Morgan fingerprint density at radius 2 is 2.12 bits per heavy atom. The first-order chi connectivity index (χ1) is 16.3. The summed E-state index contributed by atoms with van der Waals surface area (Å²) in [6.07, 6.45) is 6.49. The van der Waals surface area contributed by atoms with Crippen LogP contribution in [-0.2, 0) is 10.0 Å². The maximum atomic E-state index is 13.0. The van der Waals surface area contributed by atoms with Gasteiger partial charge in [0.2, 0.25) is 15.2 Å². The van der Waals surface area contributed by atoms with Gasteiger partial charge in [0.1, 0.15) is 5.69 Å². The SMILES string of the molecule is C#CCSc1nnc(NC(=O)c2csc(C3CCN(S(=O)(=O)c4ccc(C)c(Cl)c4)CC3)n2)s1. The second kappa shape index (κ2) is 10.7. The third-order valence-electron chi connectivity index (χ3n) is 5.24. The quantitative estimate of drug-likeness (QED) is 0.261. The number of nitrogens with one attached hydrogen (secondary N) is 1. The van der Waals surface area contributed by atoms with Crippen molar-refractivity contribution >= 4 is 67.1 Å². The van der Waals surface area contributed by atoms with E-state index in [4.69, 9.17) is 18.0 Å². The molecule has 0 aliphatic carbocycles. The van der Waals surface area contributed by atoms with Crippen molar-refractivity contribution in [1.82, 2.24) is 19.5 Å². The van der Waals surface area contributed by atoms with E-state index in [0.717, 1.165) is 10.6 Å². The molecule has 1 aromatic carbocycles. The zero-order valence-electron chi connectivity index (χ0n) is 18.0. The Kier molecular flexibility index (Phi) is 7.91. The number of rotatable bonds is 7. The van der Waals surface area contributed by atoms with Crippen LogP contribution in [0, 0.1) is 19.3 Å². The second-order valence-corrected chi connectivity index (χ2v) is 12.9. The first kappa shape index (κ1) is 25.1. The van der Waals surface area contributed by atoms with Crippen LogP contribution in [-0.4, -0.2) is 52.7 Å². The van der Waals surface area contributed by atoms with Crippen LogP contribution in [0.4, 0.5) is 5.13 Å². The molecule has 0 saturated carbocycles. The van der Waals surface area contributed by atoms with Gasteiger partial charge in [-0.15, -0.1) is 28.0 Å². The van der Waals surface area contributed by atoms with E-state index < -0.39 is 10.0 Å². The molecule has 178 valence electrons. The molecule has 0 unspecified atom stereocenters. The number of benzene rings is 1. The van der Waals surface area contributed by atoms with Crippen molar-refractivity contribution in [3.05, 3.63) is 44.9 Å². The van der Waals surface area contributed by atoms with Gasteiger partial charge in [-0.3, -0.25) is 10.1 Å². The molecule has 1 saturated heterocycles. The lowest BCUT2D eigenvalue weighted by molar-refractivity contribution is 0.102. The Hall–Kier alpha value is -2.01. The maximum absolute atomic E-state index is 13.0. The summed E-state index contributed by atoms with van der Waals surface area (Å²) < 4.78 is 28.2. The van der Waals surface area contributed by atoms with Gasteiger partial charge in [0.25, 0.3) is 5.91 Å². The minimum Gasteiger partial charge on any atom is -0.295 e. The van der Waals surface area contributed by atoms with Crippen molar-refractivity contribution < 1.29 is 13.2 Å². The van der Waals surface area contributed by atoms with Crippen molar-refractivity contribution in [3.63, 3.8) is 0 Å². The molecule has 3 aromatic rings. The molecule has 0 bridgehead atoms. The highest BCUT2D eigenvalue weighted by atomic mass is 35.5. The van der Waals surface area contributed by atoms with E-state index in [-0.39, 0.29) is 16.7 Å². The minimum absolute atomic E-state index is 0.0906. The third kappa shape index (κ3) is 5.62. The van der Waals surface area contributed by atoms with Gasteiger partial charge in [0, 0.05) is 29.4 Å². The monoisotopic (exact) mass is 553 g/mol. The first-order valence-electron chi connectivity index (χ1n) is 10.2. The summed E-state index contributed by atoms with van der Waals surface area (Å²) in [5.74, 6) is 2.73. The van der Waals surface area contributed by atoms with Gasteiger partial charge in [0.05, 0.1) is 15.7 Å². The van der Waals surface area contributed by atoms with Crippen LogP contribution in [0.5, 0.6) is 0 Å². The topological polar surface area (TPSA) is 105 Å². The van der Waals surface area contributed by atoms with Crippen LogP contribution < -0.4 is 5.32 Å². The molecule has 34 heavy (non-hydrogen) atoms. The summed E-state index contributed by atoms with van der Waals surface area (Å²) in [7, 11) is -3.61. The number of thiazole rings is 1. The van der Waals surface area contributed by atoms with Gasteiger partial charge >= 0.3 is 0 Å². The van der Waals surface area contributed by atoms with Crippen LogP contribution in [0.3, 0.4) is 0 Å². The average molecular weight is 554 g/mol. The molecule has 8 nitrogen and oxygen atoms in total. The van der Waals surface area contributed by atoms with Crippen LogP contribution >= 0.6 is 46.0 Å². The normalized spacial score (nSPS) is 15.2. The molecular weight excluding hydrogens is 534 g/mol. The highest BCUT2D eigenvalue weighted by molar-refractivity contribution is 8.01. The molecule has 1 aliphatic heterocycles. The number of thioether (sulfide) groups is 1. The zero-order chi connectivity index (χ0) is 24.3. The molecule has 13 heteroatoms. The van der Waals surface area contributed by atoms with Crippen molar-refractivity contribution in [3.8, 4) is 12.3 Å². The summed E-state index contributed by atoms with van der Waals surface area (Å²) in [4.78, 5) is 17.3. The van der Waals surface area contributed by atoms with Crippen LogP contribution in [0.1, 0.15) is 39.8 Å². The van der Waals surface area contributed by atoms with E-state index in [9.17, 15) is 13.2 Å². The van der Waals surface area contributed by atoms with Gasteiger partial charge in [-0.1, -0.05) is 46.7 Å². The summed E-state index contributed by atoms with van der Waals surface area (Å²) in [6, 6.07) is 4.80. The molecule has 2 aromatic heterocycles. The number of carbonyl (C=O) groups is 1. The Bertz CT molecular complexity index is 1340. The lowest BCUT2D eigenvalue weighted by atomic mass is 9.99. The van der Waals surface area contributed by atoms with E-state index >= 15 is 0 Å². The summed E-state index contributed by atoms with van der Waals surface area (Å²) in [5, 5.41) is 14.0. The Labute approximate surface area is 215 Å². The molecule has 1 fully saturated rings. The number of anilines is 1. The minimum atomic E-state index is -3.61. The standard InChI is InChI=1S/C21H20ClN5O3S4/c1-3-10-31-21-26-25-20(33-21)24-18(28)17-12-32-19(23-17)14-6-8-27(9-7-14)34(29,30)15-5-4-13(2)16(22)11-15/h1,4-5,11-12,14H,6-10H2,2H3,(H,24,25,28). The predicted molar refractivity (Wildman–Crippen MR) is 136 cm³/mol. The largest absolute Gasteiger partial charge is 0.295 e. The molecule has 1 N–H and O–H groups in total. The van der Waals surface area contributed by atoms with Crippen molar-refractivity contribution in [1.29, 1.82) is 0 Å². The second-order valence-electron chi connectivity index (χ2n) is 7.48. The average Bonchev–Trinajstić information content (AvgIpc) is 3.49. The van der Waals surface area contributed by atoms with Gasteiger partial charge < -0.3 is 0 Å². The number of carbonyl (C=O) groups excluding carboxylic acids is 1. The highest BCUT2D eigenvalue weighted by Crippen LogP contribution is 2.33. The Balaban J connectivity index is 1.36. The molecule has 0 radical (unpaired) electrons. The highest BCUT2D eigenvalue weighted by Gasteiger charge is 2.31. The van der Waals surface area contributed by atoms with Crippen molar-refractivity contribution in [2.24, 2.45) is 0 Å². The van der Waals surface area contributed by atoms with E-state index in [0.29, 0.717) is 51.9 Å². The number of nitrogens with zero attached hydrogens (tertiary/aromatic N) is 4. The molecule has 0 spiro atoms. The van der Waals surface area contributed by atoms with Crippen LogP contribution in [0.25, 0.3) is 0 Å². The number of piperidine rings is 1. The number of halogens is 1. The summed E-state index contributed by atoms with van der Waals surface area (Å²) in [6.45, 7) is 2.59. The molecular formula is C21H20ClN5O3S4. The number of hydrogen-bond donors (Lipinski definition) is 1. The van der Waals surface area contributed by atoms with Gasteiger partial charge in [0.15, 0.2) is 4.34 Å².